The molecule has 0 heterocycles. The number of carbonyl (C=O) groups excluding carboxylic acids is 2. The van der Waals surface area contributed by atoms with Gasteiger partial charge in [0.05, 0.1) is 42.0 Å². The molecular formula is C22H27Cl2N3O4. The van der Waals surface area contributed by atoms with Crippen LogP contribution in [-0.4, -0.2) is 56.1 Å². The fourth-order valence-corrected chi connectivity index (χ4v) is 3.19. The summed E-state index contributed by atoms with van der Waals surface area (Å²) in [5.41, 5.74) is 0.364. The minimum atomic E-state index is -0.302. The Morgan fingerprint density at radius 1 is 0.903 bits per heavy atom. The van der Waals surface area contributed by atoms with Crippen molar-refractivity contribution in [1.82, 2.24) is 10.2 Å². The Hall–Kier alpha value is -2.48. The Balaban J connectivity index is 1.71. The van der Waals surface area contributed by atoms with Gasteiger partial charge in [-0.3, -0.25) is 14.5 Å². The third-order valence-corrected chi connectivity index (χ3v) is 4.87. The van der Waals surface area contributed by atoms with E-state index in [1.54, 1.807) is 23.1 Å². The Morgan fingerprint density at radius 3 is 2.06 bits per heavy atom. The van der Waals surface area contributed by atoms with Crippen molar-refractivity contribution in [2.24, 2.45) is 0 Å². The molecule has 0 fully saturated rings. The van der Waals surface area contributed by atoms with Gasteiger partial charge < -0.3 is 20.1 Å². The number of ether oxygens (including phenoxy) is 2. The lowest BCUT2D eigenvalue weighted by atomic mass is 10.3. The number of amides is 2. The summed E-state index contributed by atoms with van der Waals surface area (Å²) in [5.74, 6) is 0.982. The van der Waals surface area contributed by atoms with Crippen molar-refractivity contribution in [1.29, 1.82) is 0 Å². The molecule has 7 nitrogen and oxygen atoms in total. The summed E-state index contributed by atoms with van der Waals surface area (Å²) in [6.07, 6.45) is 0. The first-order valence-electron chi connectivity index (χ1n) is 10.0. The van der Waals surface area contributed by atoms with Crippen LogP contribution < -0.4 is 20.1 Å². The Morgan fingerprint density at radius 2 is 1.48 bits per heavy atom. The van der Waals surface area contributed by atoms with Crippen LogP contribution in [0.1, 0.15) is 13.8 Å². The zero-order valence-electron chi connectivity index (χ0n) is 17.6. The maximum Gasteiger partial charge on any atom is 0.238 e. The van der Waals surface area contributed by atoms with E-state index in [0.29, 0.717) is 47.8 Å². The van der Waals surface area contributed by atoms with E-state index in [4.69, 9.17) is 32.7 Å². The molecule has 2 aromatic rings. The Kier molecular flexibility index (Phi) is 10.4. The molecule has 2 N–H and O–H groups in total. The highest BCUT2D eigenvalue weighted by Crippen LogP contribution is 2.29. The van der Waals surface area contributed by atoms with Gasteiger partial charge in [0.1, 0.15) is 18.1 Å². The molecule has 0 aliphatic carbocycles. The summed E-state index contributed by atoms with van der Waals surface area (Å²) >= 11 is 12.1. The number of benzene rings is 2. The molecule has 0 aliphatic rings. The fourth-order valence-electron chi connectivity index (χ4n) is 2.70. The van der Waals surface area contributed by atoms with Crippen LogP contribution in [0.15, 0.2) is 42.5 Å². The van der Waals surface area contributed by atoms with Crippen LogP contribution >= 0.6 is 23.2 Å². The lowest BCUT2D eigenvalue weighted by Gasteiger charge is -2.20. The molecule has 9 heteroatoms. The number of hydrogen-bond donors (Lipinski definition) is 2. The van der Waals surface area contributed by atoms with Crippen LogP contribution in [0.4, 0.5) is 5.69 Å². The molecule has 0 saturated carbocycles. The Labute approximate surface area is 192 Å². The van der Waals surface area contributed by atoms with Crippen LogP contribution in [0.5, 0.6) is 11.5 Å². The van der Waals surface area contributed by atoms with E-state index < -0.39 is 0 Å². The monoisotopic (exact) mass is 467 g/mol. The van der Waals surface area contributed by atoms with E-state index in [9.17, 15) is 9.59 Å². The molecule has 0 aliphatic heterocycles. The minimum Gasteiger partial charge on any atom is -0.494 e. The largest absolute Gasteiger partial charge is 0.494 e. The molecule has 0 bridgehead atoms. The third kappa shape index (κ3) is 8.65. The van der Waals surface area contributed by atoms with E-state index in [-0.39, 0.29) is 24.9 Å². The molecule has 2 rings (SSSR count). The van der Waals surface area contributed by atoms with Crippen LogP contribution in [-0.2, 0) is 9.59 Å². The molecule has 31 heavy (non-hydrogen) atoms. The molecule has 0 saturated heterocycles. The lowest BCUT2D eigenvalue weighted by Crippen LogP contribution is -2.42. The molecular weight excluding hydrogens is 441 g/mol. The number of likely N-dealkylation sites (N-methyl/N-ethyl adjacent to an activating group) is 1. The number of halogens is 2. The van der Waals surface area contributed by atoms with E-state index in [1.165, 1.54) is 0 Å². The van der Waals surface area contributed by atoms with E-state index >= 15 is 0 Å². The first-order valence-corrected chi connectivity index (χ1v) is 10.8. The summed E-state index contributed by atoms with van der Waals surface area (Å²) in [4.78, 5) is 26.2. The van der Waals surface area contributed by atoms with Crippen molar-refractivity contribution in [2.75, 3.05) is 44.7 Å². The smallest absolute Gasteiger partial charge is 0.238 e. The standard InChI is InChI=1S/C22H27Cl2N3O4/c1-3-27(15-21(29)26-22-18(23)6-5-7-19(22)24)14-20(28)25-12-13-31-17-10-8-16(9-11-17)30-4-2/h5-11H,3-4,12-15H2,1-2H3,(H,25,28)(H,26,29). The fraction of sp³-hybridized carbons (Fsp3) is 0.364. The van der Waals surface area contributed by atoms with Gasteiger partial charge in [-0.15, -0.1) is 0 Å². The van der Waals surface area contributed by atoms with Gasteiger partial charge in [-0.25, -0.2) is 0 Å². The van der Waals surface area contributed by atoms with Gasteiger partial charge in [0.2, 0.25) is 11.8 Å². The van der Waals surface area contributed by atoms with Crippen molar-refractivity contribution in [3.8, 4) is 11.5 Å². The zero-order chi connectivity index (χ0) is 22.6. The van der Waals surface area contributed by atoms with Crippen LogP contribution in [0.25, 0.3) is 0 Å². The van der Waals surface area contributed by atoms with Crippen molar-refractivity contribution in [3.05, 3.63) is 52.5 Å². The van der Waals surface area contributed by atoms with Crippen LogP contribution in [0, 0.1) is 0 Å². The van der Waals surface area contributed by atoms with Gasteiger partial charge in [0, 0.05) is 0 Å². The highest BCUT2D eigenvalue weighted by atomic mass is 35.5. The second-order valence-electron chi connectivity index (χ2n) is 6.55. The van der Waals surface area contributed by atoms with Gasteiger partial charge in [-0.05, 0) is 49.9 Å². The van der Waals surface area contributed by atoms with Crippen molar-refractivity contribution >= 4 is 40.7 Å². The quantitative estimate of drug-likeness (QED) is 0.463. The van der Waals surface area contributed by atoms with Crippen LogP contribution in [0.3, 0.4) is 0 Å². The molecule has 2 aromatic carbocycles. The Bertz CT molecular complexity index is 842. The maximum absolute atomic E-state index is 12.3. The number of rotatable bonds is 12. The first-order chi connectivity index (χ1) is 14.9. The number of anilines is 1. The van der Waals surface area contributed by atoms with Gasteiger partial charge in [-0.2, -0.15) is 0 Å². The van der Waals surface area contributed by atoms with Crippen LogP contribution in [0.2, 0.25) is 10.0 Å². The molecule has 0 aromatic heterocycles. The minimum absolute atomic E-state index is 0.0359. The molecule has 0 radical (unpaired) electrons. The molecule has 0 atom stereocenters. The first kappa shape index (κ1) is 24.8. The second kappa shape index (κ2) is 13.0. The maximum atomic E-state index is 12.3. The number of hydrogen-bond acceptors (Lipinski definition) is 5. The van der Waals surface area contributed by atoms with Crippen molar-refractivity contribution in [3.63, 3.8) is 0 Å². The summed E-state index contributed by atoms with van der Waals surface area (Å²) in [6.45, 7) is 5.74. The molecule has 0 spiro atoms. The average Bonchev–Trinajstić information content (AvgIpc) is 2.75. The number of para-hydroxylation sites is 1. The second-order valence-corrected chi connectivity index (χ2v) is 7.37. The molecule has 2 amide bonds. The van der Waals surface area contributed by atoms with E-state index in [1.807, 2.05) is 38.1 Å². The lowest BCUT2D eigenvalue weighted by molar-refractivity contribution is -0.123. The predicted octanol–water partition coefficient (Wildman–Crippen LogP) is 3.85. The van der Waals surface area contributed by atoms with Gasteiger partial charge in [0.15, 0.2) is 0 Å². The summed E-state index contributed by atoms with van der Waals surface area (Å²) in [6, 6.07) is 12.3. The van der Waals surface area contributed by atoms with E-state index in [2.05, 4.69) is 10.6 Å². The molecule has 0 unspecified atom stereocenters. The van der Waals surface area contributed by atoms with Crippen molar-refractivity contribution in [2.45, 2.75) is 13.8 Å². The summed E-state index contributed by atoms with van der Waals surface area (Å²) in [7, 11) is 0. The topological polar surface area (TPSA) is 79.9 Å². The van der Waals surface area contributed by atoms with Gasteiger partial charge >= 0.3 is 0 Å². The SMILES string of the molecule is CCOc1ccc(OCCNC(=O)CN(CC)CC(=O)Nc2c(Cl)cccc2Cl)cc1. The summed E-state index contributed by atoms with van der Waals surface area (Å²) in [5, 5.41) is 6.19. The number of nitrogens with zero attached hydrogens (tertiary/aromatic N) is 1. The highest BCUT2D eigenvalue weighted by molar-refractivity contribution is 6.39. The predicted molar refractivity (Wildman–Crippen MR) is 123 cm³/mol. The highest BCUT2D eigenvalue weighted by Gasteiger charge is 2.15. The summed E-state index contributed by atoms with van der Waals surface area (Å²) < 4.78 is 11.0. The zero-order valence-corrected chi connectivity index (χ0v) is 19.1. The average molecular weight is 468 g/mol. The number of carbonyl (C=O) groups is 2. The number of nitrogens with one attached hydrogen (secondary N) is 2. The normalized spacial score (nSPS) is 10.6. The van der Waals surface area contributed by atoms with Crippen molar-refractivity contribution < 1.29 is 19.1 Å². The van der Waals surface area contributed by atoms with Gasteiger partial charge in [0.25, 0.3) is 0 Å². The van der Waals surface area contributed by atoms with E-state index in [0.717, 1.165) is 5.75 Å². The van der Waals surface area contributed by atoms with Gasteiger partial charge in [-0.1, -0.05) is 36.2 Å². The molecule has 168 valence electrons. The third-order valence-electron chi connectivity index (χ3n) is 4.24.